The first-order valence-corrected chi connectivity index (χ1v) is 10.8. The zero-order valence-corrected chi connectivity index (χ0v) is 16.8. The van der Waals surface area contributed by atoms with Crippen molar-refractivity contribution in [2.24, 2.45) is 17.8 Å². The van der Waals surface area contributed by atoms with Crippen LogP contribution in [0, 0.1) is 17.8 Å². The Hall–Kier alpha value is -1.54. The van der Waals surface area contributed by atoms with Gasteiger partial charge in [-0.05, 0) is 43.9 Å². The number of aliphatic hydroxyl groups excluding tert-OH is 1. The van der Waals surface area contributed by atoms with Crippen molar-refractivity contribution in [1.29, 1.82) is 0 Å². The van der Waals surface area contributed by atoms with Gasteiger partial charge in [-0.3, -0.25) is 14.5 Å². The number of nitrogens with zero attached hydrogens (tertiary/aromatic N) is 4. The largest absolute Gasteiger partial charge is 0.393 e. The average Bonchev–Trinajstić information content (AvgIpc) is 3.37. The maximum Gasteiger partial charge on any atom is 0.229 e. The van der Waals surface area contributed by atoms with Crippen molar-refractivity contribution in [2.75, 3.05) is 18.5 Å². The van der Waals surface area contributed by atoms with Crippen LogP contribution in [-0.4, -0.2) is 57.8 Å². The fourth-order valence-corrected chi connectivity index (χ4v) is 6.03. The number of aromatic nitrogens is 2. The van der Waals surface area contributed by atoms with Gasteiger partial charge in [0.25, 0.3) is 0 Å². The summed E-state index contributed by atoms with van der Waals surface area (Å²) in [4.78, 5) is 29.0. The minimum absolute atomic E-state index is 0.0348. The highest BCUT2D eigenvalue weighted by atomic mass is 32.1. The SMILES string of the molecule is CCCc1nnc(N2CC(C(=O)N(C)C3C[C@H]4CC(O)C[C@H]4C3)CC2=O)s1. The van der Waals surface area contributed by atoms with Gasteiger partial charge in [0.1, 0.15) is 5.01 Å². The molecule has 2 heterocycles. The molecule has 2 aliphatic carbocycles. The second-order valence-electron chi connectivity index (χ2n) is 8.35. The van der Waals surface area contributed by atoms with Crippen molar-refractivity contribution in [3.63, 3.8) is 0 Å². The number of rotatable bonds is 5. The number of hydrogen-bond acceptors (Lipinski definition) is 6. The van der Waals surface area contributed by atoms with E-state index in [9.17, 15) is 14.7 Å². The molecule has 0 spiro atoms. The molecule has 148 valence electrons. The first-order chi connectivity index (χ1) is 13.0. The number of carbonyl (C=O) groups is 2. The predicted molar refractivity (Wildman–Crippen MR) is 102 cm³/mol. The maximum atomic E-state index is 13.0. The highest BCUT2D eigenvalue weighted by molar-refractivity contribution is 7.15. The Bertz CT molecular complexity index is 710. The molecule has 1 aromatic heterocycles. The molecule has 3 aliphatic rings. The van der Waals surface area contributed by atoms with E-state index < -0.39 is 0 Å². The van der Waals surface area contributed by atoms with Crippen LogP contribution in [-0.2, 0) is 16.0 Å². The number of aryl methyl sites for hydroxylation is 1. The zero-order chi connectivity index (χ0) is 19.1. The summed E-state index contributed by atoms with van der Waals surface area (Å²) in [7, 11) is 1.88. The van der Waals surface area contributed by atoms with Gasteiger partial charge in [-0.2, -0.15) is 0 Å². The Morgan fingerprint density at radius 1 is 1.26 bits per heavy atom. The van der Waals surface area contributed by atoms with Crippen LogP contribution in [0.25, 0.3) is 0 Å². The third kappa shape index (κ3) is 3.61. The molecule has 4 rings (SSSR count). The molecule has 7 nitrogen and oxygen atoms in total. The summed E-state index contributed by atoms with van der Waals surface area (Å²) < 4.78 is 0. The standard InChI is InChI=1S/C19H28N4O3S/c1-3-4-16-20-21-19(27-16)23-10-13(9-17(23)25)18(26)22(2)14-5-11-7-15(24)8-12(11)6-14/h11-15,24H,3-10H2,1-2H3/t11-,12+,13?,14?,15?. The highest BCUT2D eigenvalue weighted by Gasteiger charge is 2.45. The summed E-state index contributed by atoms with van der Waals surface area (Å²) in [6.07, 6.45) is 5.65. The van der Waals surface area contributed by atoms with Crippen LogP contribution in [0.1, 0.15) is 50.5 Å². The Labute approximate surface area is 163 Å². The number of fused-ring (bicyclic) bond motifs is 1. The van der Waals surface area contributed by atoms with E-state index in [0.29, 0.717) is 23.5 Å². The van der Waals surface area contributed by atoms with E-state index >= 15 is 0 Å². The van der Waals surface area contributed by atoms with Crippen molar-refractivity contribution in [3.05, 3.63) is 5.01 Å². The summed E-state index contributed by atoms with van der Waals surface area (Å²) in [5, 5.41) is 19.7. The molecule has 0 aromatic carbocycles. The van der Waals surface area contributed by atoms with Gasteiger partial charge in [0.15, 0.2) is 0 Å². The predicted octanol–water partition coefficient (Wildman–Crippen LogP) is 1.85. The zero-order valence-electron chi connectivity index (χ0n) is 16.0. The molecule has 0 radical (unpaired) electrons. The van der Waals surface area contributed by atoms with Crippen molar-refractivity contribution in [3.8, 4) is 0 Å². The molecule has 2 amide bonds. The maximum absolute atomic E-state index is 13.0. The minimum Gasteiger partial charge on any atom is -0.393 e. The third-order valence-electron chi connectivity index (χ3n) is 6.49. The molecule has 1 N–H and O–H groups in total. The van der Waals surface area contributed by atoms with Crippen molar-refractivity contribution in [1.82, 2.24) is 15.1 Å². The van der Waals surface area contributed by atoms with Crippen LogP contribution in [0.3, 0.4) is 0 Å². The normalized spacial score (nSPS) is 32.9. The molecular formula is C19H28N4O3S. The van der Waals surface area contributed by atoms with Crippen LogP contribution >= 0.6 is 11.3 Å². The topological polar surface area (TPSA) is 86.6 Å². The van der Waals surface area contributed by atoms with E-state index in [1.54, 1.807) is 4.90 Å². The molecule has 27 heavy (non-hydrogen) atoms. The van der Waals surface area contributed by atoms with Gasteiger partial charge in [-0.15, -0.1) is 10.2 Å². The fraction of sp³-hybridized carbons (Fsp3) is 0.789. The Kier molecular flexibility index (Phi) is 5.20. The molecule has 8 heteroatoms. The summed E-state index contributed by atoms with van der Waals surface area (Å²) >= 11 is 1.45. The monoisotopic (exact) mass is 392 g/mol. The fourth-order valence-electron chi connectivity index (χ4n) is 5.06. The lowest BCUT2D eigenvalue weighted by atomic mass is 10.0. The molecule has 5 atom stereocenters. The third-order valence-corrected chi connectivity index (χ3v) is 7.49. The van der Waals surface area contributed by atoms with Crippen LogP contribution in [0.15, 0.2) is 0 Å². The van der Waals surface area contributed by atoms with E-state index in [0.717, 1.165) is 43.5 Å². The molecule has 1 aliphatic heterocycles. The first kappa shape index (κ1) is 18.8. The van der Waals surface area contributed by atoms with Gasteiger partial charge in [0, 0.05) is 32.5 Å². The van der Waals surface area contributed by atoms with Gasteiger partial charge < -0.3 is 10.0 Å². The van der Waals surface area contributed by atoms with Crippen molar-refractivity contribution < 1.29 is 14.7 Å². The number of aliphatic hydroxyl groups is 1. The highest BCUT2D eigenvalue weighted by Crippen LogP contribution is 2.45. The second-order valence-corrected chi connectivity index (χ2v) is 9.39. The van der Waals surface area contributed by atoms with E-state index in [1.807, 2.05) is 11.9 Å². The molecule has 3 unspecified atom stereocenters. The second kappa shape index (κ2) is 7.47. The lowest BCUT2D eigenvalue weighted by Gasteiger charge is -2.28. The summed E-state index contributed by atoms with van der Waals surface area (Å²) in [6.45, 7) is 2.49. The number of carbonyl (C=O) groups excluding carboxylic acids is 2. The number of hydrogen-bond donors (Lipinski definition) is 1. The van der Waals surface area contributed by atoms with Crippen LogP contribution in [0.2, 0.25) is 0 Å². The lowest BCUT2D eigenvalue weighted by molar-refractivity contribution is -0.136. The van der Waals surface area contributed by atoms with E-state index in [1.165, 1.54) is 11.3 Å². The van der Waals surface area contributed by atoms with Crippen LogP contribution < -0.4 is 4.90 Å². The first-order valence-electron chi connectivity index (χ1n) is 10.0. The van der Waals surface area contributed by atoms with Gasteiger partial charge in [0.2, 0.25) is 16.9 Å². The van der Waals surface area contributed by atoms with Crippen molar-refractivity contribution >= 4 is 28.3 Å². The number of anilines is 1. The Balaban J connectivity index is 1.37. The van der Waals surface area contributed by atoms with Crippen LogP contribution in [0.5, 0.6) is 0 Å². The van der Waals surface area contributed by atoms with Gasteiger partial charge in [-0.25, -0.2) is 0 Å². The number of amides is 2. The Morgan fingerprint density at radius 3 is 2.63 bits per heavy atom. The van der Waals surface area contributed by atoms with E-state index in [-0.39, 0.29) is 36.3 Å². The van der Waals surface area contributed by atoms with Crippen LogP contribution in [0.4, 0.5) is 5.13 Å². The molecular weight excluding hydrogens is 364 g/mol. The Morgan fingerprint density at radius 2 is 1.96 bits per heavy atom. The van der Waals surface area contributed by atoms with Gasteiger partial charge in [0.05, 0.1) is 12.0 Å². The van der Waals surface area contributed by atoms with E-state index in [2.05, 4.69) is 17.1 Å². The minimum atomic E-state index is -0.299. The smallest absolute Gasteiger partial charge is 0.229 e. The molecule has 0 bridgehead atoms. The summed E-state index contributed by atoms with van der Waals surface area (Å²) in [5.74, 6) is 0.815. The van der Waals surface area contributed by atoms with Gasteiger partial charge in [-0.1, -0.05) is 18.3 Å². The average molecular weight is 393 g/mol. The molecule has 2 saturated carbocycles. The van der Waals surface area contributed by atoms with Crippen molar-refractivity contribution in [2.45, 2.75) is 64.0 Å². The lowest BCUT2D eigenvalue weighted by Crippen LogP contribution is -2.40. The summed E-state index contributed by atoms with van der Waals surface area (Å²) in [6, 6.07) is 0.238. The molecule has 1 saturated heterocycles. The van der Waals surface area contributed by atoms with E-state index in [4.69, 9.17) is 0 Å². The molecule has 3 fully saturated rings. The molecule has 1 aromatic rings. The van der Waals surface area contributed by atoms with Gasteiger partial charge >= 0.3 is 0 Å². The summed E-state index contributed by atoms with van der Waals surface area (Å²) in [5.41, 5.74) is 0. The quantitative estimate of drug-likeness (QED) is 0.826.